The van der Waals surface area contributed by atoms with Gasteiger partial charge in [0.05, 0.1) is 36.5 Å². The lowest BCUT2D eigenvalue weighted by Gasteiger charge is -2.17. The van der Waals surface area contributed by atoms with Crippen molar-refractivity contribution in [1.29, 1.82) is 0 Å². The van der Waals surface area contributed by atoms with Gasteiger partial charge in [0.1, 0.15) is 34.6 Å². The summed E-state index contributed by atoms with van der Waals surface area (Å²) in [6.07, 6.45) is 2.39. The van der Waals surface area contributed by atoms with Gasteiger partial charge in [-0.3, -0.25) is 4.79 Å². The smallest absolute Gasteiger partial charge is 0.340 e. The molecule has 0 spiro atoms. The van der Waals surface area contributed by atoms with E-state index < -0.39 is 35.7 Å². The molecule has 2 heterocycles. The number of hydrogen-bond donors (Lipinski definition) is 1. The number of carbonyl (C=O) groups is 2. The molecule has 15 heteroatoms. The third-order valence-electron chi connectivity index (χ3n) is 5.44. The molecule has 2 unspecified atom stereocenters. The Hall–Kier alpha value is -5.36. The average Bonchev–Trinajstić information content (AvgIpc) is 3.65. The Bertz CT molecular complexity index is 1690. The maximum absolute atomic E-state index is 13.6. The minimum absolute atomic E-state index is 0. The van der Waals surface area contributed by atoms with Gasteiger partial charge in [-0.15, -0.1) is 0 Å². The zero-order valence-corrected chi connectivity index (χ0v) is 21.6. The highest BCUT2D eigenvalue weighted by atomic mass is 19.1. The Morgan fingerprint density at radius 2 is 1.51 bits per heavy atom. The molecule has 2 aromatic carbocycles. The fourth-order valence-electron chi connectivity index (χ4n) is 3.67. The van der Waals surface area contributed by atoms with E-state index in [0.717, 1.165) is 6.07 Å². The molecule has 43 heavy (non-hydrogen) atoms. The lowest BCUT2D eigenvalue weighted by molar-refractivity contribution is -0.147. The zero-order chi connectivity index (χ0) is 29.9. The lowest BCUT2D eigenvalue weighted by Crippen LogP contribution is -2.28. The van der Waals surface area contributed by atoms with Crippen LogP contribution in [0.15, 0.2) is 73.7 Å². The fourth-order valence-corrected chi connectivity index (χ4v) is 3.67. The van der Waals surface area contributed by atoms with Gasteiger partial charge in [0, 0.05) is 21.0 Å². The van der Waals surface area contributed by atoms with Crippen molar-refractivity contribution in [2.45, 2.75) is 40.8 Å². The van der Waals surface area contributed by atoms with E-state index in [1.165, 1.54) is 48.9 Å². The number of rotatable bonds is 9. The number of benzene rings is 2. The minimum Gasteiger partial charge on any atom is -0.466 e. The Labute approximate surface area is 244 Å². The van der Waals surface area contributed by atoms with Gasteiger partial charge < -0.3 is 23.4 Å². The molecule has 2 atom stereocenters. The second-order valence-electron chi connectivity index (χ2n) is 7.89. The number of nitrogens with zero attached hydrogens (tertiary/aromatic N) is 6. The van der Waals surface area contributed by atoms with Crippen LogP contribution in [0.3, 0.4) is 0 Å². The van der Waals surface area contributed by atoms with E-state index >= 15 is 0 Å². The van der Waals surface area contributed by atoms with Crippen LogP contribution in [0.25, 0.3) is 48.9 Å². The van der Waals surface area contributed by atoms with Crippen molar-refractivity contribution in [1.82, 2.24) is 0 Å². The van der Waals surface area contributed by atoms with Crippen LogP contribution < -0.4 is 0 Å². The van der Waals surface area contributed by atoms with Crippen molar-refractivity contribution in [3.63, 3.8) is 0 Å². The average molecular weight is 601 g/mol. The second kappa shape index (κ2) is 16.8. The highest BCUT2D eigenvalue weighted by molar-refractivity contribution is 5.96. The van der Waals surface area contributed by atoms with Crippen molar-refractivity contribution < 1.29 is 41.8 Å². The fraction of sp³-hybridized carbons (Fsp3) is 0.286. The molecule has 0 aliphatic carbocycles. The van der Waals surface area contributed by atoms with Crippen LogP contribution in [0, 0.1) is 11.6 Å². The van der Waals surface area contributed by atoms with E-state index in [0.29, 0.717) is 5.56 Å². The van der Waals surface area contributed by atoms with Crippen LogP contribution >= 0.6 is 0 Å². The number of halogens is 2. The van der Waals surface area contributed by atoms with E-state index in [9.17, 15) is 23.5 Å². The quantitative estimate of drug-likeness (QED) is 0.0661. The topological polar surface area (TPSA) is 197 Å². The molecule has 4 rings (SSSR count). The molecule has 1 N–H and O–H groups in total. The predicted octanol–water partition coefficient (Wildman–Crippen LogP) is 7.91. The highest BCUT2D eigenvalue weighted by Crippen LogP contribution is 2.30. The molecule has 0 radical (unpaired) electrons. The Morgan fingerprint density at radius 3 is 2.09 bits per heavy atom. The summed E-state index contributed by atoms with van der Waals surface area (Å²) in [5.41, 5.74) is 17.7. The molecule has 0 fully saturated rings. The van der Waals surface area contributed by atoms with Crippen LogP contribution in [-0.2, 0) is 19.1 Å². The van der Waals surface area contributed by atoms with Gasteiger partial charge in [-0.05, 0) is 67.4 Å². The van der Waals surface area contributed by atoms with Gasteiger partial charge >= 0.3 is 11.9 Å². The predicted molar refractivity (Wildman–Crippen MR) is 154 cm³/mol. The third-order valence-corrected chi connectivity index (χ3v) is 5.44. The summed E-state index contributed by atoms with van der Waals surface area (Å²) in [4.78, 5) is 28.5. The number of aliphatic hydroxyl groups is 1. The standard InChI is InChI=1S/C13H12FN3O4.C13H10FN3O3.2CH4/c1-2-20-13(19)10(16-17-15)11(18)8-3-4-9(14)7-5-6-21-12(7)8;1-2-19-13(18)11(16-17-15)7-8-3-4-10(14)9-5-6-20-12(8)9;;/h3-6,10-11,18H,2H2,1H3;3-7H,2H2,1H3;2*1H4/b;11-7-;;. The van der Waals surface area contributed by atoms with E-state index in [1.54, 1.807) is 13.8 Å². The van der Waals surface area contributed by atoms with Crippen LogP contribution in [0.2, 0.25) is 0 Å². The van der Waals surface area contributed by atoms with Gasteiger partial charge in [0.15, 0.2) is 6.04 Å². The molecule has 228 valence electrons. The SMILES string of the molecule is C.C.CCOC(=O)/C(=C/c1ccc(F)c2ccoc12)N=[N+]=[N-].CCOC(=O)C(N=[N+]=[N-])C(O)c1ccc(F)c2ccoc12. The number of ether oxygens (including phenoxy) is 2. The second-order valence-corrected chi connectivity index (χ2v) is 7.89. The zero-order valence-electron chi connectivity index (χ0n) is 21.6. The van der Waals surface area contributed by atoms with Gasteiger partial charge in [0.25, 0.3) is 0 Å². The van der Waals surface area contributed by atoms with Crippen LogP contribution in [0.5, 0.6) is 0 Å². The van der Waals surface area contributed by atoms with E-state index in [-0.39, 0.29) is 61.3 Å². The number of aliphatic hydroxyl groups excluding tert-OH is 1. The number of furan rings is 2. The molecule has 0 saturated heterocycles. The van der Waals surface area contributed by atoms with E-state index in [2.05, 4.69) is 20.1 Å². The summed E-state index contributed by atoms with van der Waals surface area (Å²) >= 11 is 0. The maximum Gasteiger partial charge on any atom is 0.340 e. The van der Waals surface area contributed by atoms with Crippen LogP contribution in [0.1, 0.15) is 45.9 Å². The van der Waals surface area contributed by atoms with E-state index in [1.807, 2.05) is 0 Å². The number of azide groups is 2. The number of esters is 2. The molecule has 13 nitrogen and oxygen atoms in total. The third kappa shape index (κ3) is 8.33. The molecule has 0 aliphatic rings. The Kier molecular flexibility index (Phi) is 13.9. The largest absolute Gasteiger partial charge is 0.466 e. The number of hydrogen-bond acceptors (Lipinski definition) is 9. The molecule has 0 amide bonds. The monoisotopic (exact) mass is 600 g/mol. The molecule has 0 aliphatic heterocycles. The summed E-state index contributed by atoms with van der Waals surface area (Å²) in [6, 6.07) is 6.46. The molecule has 0 bridgehead atoms. The summed E-state index contributed by atoms with van der Waals surface area (Å²) in [5.74, 6) is -2.58. The van der Waals surface area contributed by atoms with Crippen molar-refractivity contribution in [2.75, 3.05) is 13.2 Å². The molecule has 2 aromatic heterocycles. The summed E-state index contributed by atoms with van der Waals surface area (Å²) in [6.45, 7) is 3.44. The molecule has 0 saturated carbocycles. The molecular formula is C28H30F2N6O7. The van der Waals surface area contributed by atoms with Crippen LogP contribution in [0.4, 0.5) is 8.78 Å². The Morgan fingerprint density at radius 1 is 0.930 bits per heavy atom. The van der Waals surface area contributed by atoms with Crippen molar-refractivity contribution >= 4 is 40.0 Å². The first kappa shape index (κ1) is 35.7. The van der Waals surface area contributed by atoms with Gasteiger partial charge in [-0.25, -0.2) is 13.6 Å². The van der Waals surface area contributed by atoms with Gasteiger partial charge in [0.2, 0.25) is 0 Å². The summed E-state index contributed by atoms with van der Waals surface area (Å²) in [7, 11) is 0. The summed E-state index contributed by atoms with van der Waals surface area (Å²) < 4.78 is 46.9. The first-order valence-corrected chi connectivity index (χ1v) is 11.9. The van der Waals surface area contributed by atoms with Crippen LogP contribution in [-0.4, -0.2) is 36.3 Å². The van der Waals surface area contributed by atoms with Crippen molar-refractivity contribution in [2.24, 2.45) is 10.2 Å². The molecule has 4 aromatic rings. The van der Waals surface area contributed by atoms with Crippen molar-refractivity contribution in [3.8, 4) is 0 Å². The van der Waals surface area contributed by atoms with Gasteiger partial charge in [-0.2, -0.15) is 0 Å². The van der Waals surface area contributed by atoms with Gasteiger partial charge in [-0.1, -0.05) is 25.1 Å². The number of fused-ring (bicyclic) bond motifs is 2. The highest BCUT2D eigenvalue weighted by Gasteiger charge is 2.31. The summed E-state index contributed by atoms with van der Waals surface area (Å²) in [5, 5.41) is 17.2. The number of carbonyl (C=O) groups excluding carboxylic acids is 2. The maximum atomic E-state index is 13.6. The van der Waals surface area contributed by atoms with Crippen molar-refractivity contribution in [3.05, 3.63) is 98.3 Å². The first-order chi connectivity index (χ1) is 19.8. The van der Waals surface area contributed by atoms with E-state index in [4.69, 9.17) is 29.4 Å². The first-order valence-electron chi connectivity index (χ1n) is 11.9. The lowest BCUT2D eigenvalue weighted by atomic mass is 10.0. The Balaban J connectivity index is 0.000000411. The molecular weight excluding hydrogens is 570 g/mol. The minimum atomic E-state index is -1.51. The normalized spacial score (nSPS) is 11.8.